The Morgan fingerprint density at radius 3 is 2.66 bits per heavy atom. The van der Waals surface area contributed by atoms with Crippen LogP contribution in [0.3, 0.4) is 0 Å². The summed E-state index contributed by atoms with van der Waals surface area (Å²) < 4.78 is 9.90. The topological polar surface area (TPSA) is 153 Å². The molecule has 0 spiro atoms. The molecule has 0 aliphatic carbocycles. The fourth-order valence-corrected chi connectivity index (χ4v) is 4.49. The third-order valence-corrected chi connectivity index (χ3v) is 6.01. The molecule has 168 valence electrons. The number of benzene rings is 1. The van der Waals surface area contributed by atoms with Gasteiger partial charge in [-0.1, -0.05) is 11.8 Å². The molecule has 11 nitrogen and oxygen atoms in total. The number of esters is 1. The van der Waals surface area contributed by atoms with Crippen molar-refractivity contribution < 1.29 is 38.7 Å². The van der Waals surface area contributed by atoms with Gasteiger partial charge in [-0.2, -0.15) is 0 Å². The van der Waals surface area contributed by atoms with Gasteiger partial charge in [0.1, 0.15) is 18.4 Å². The van der Waals surface area contributed by atoms with Crippen molar-refractivity contribution in [2.24, 2.45) is 5.92 Å². The lowest BCUT2D eigenvalue weighted by atomic mass is 9.83. The van der Waals surface area contributed by atoms with E-state index in [1.807, 2.05) is 0 Å². The Bertz CT molecular complexity index is 1020. The summed E-state index contributed by atoms with van der Waals surface area (Å²) in [5.74, 6) is -3.00. The fraction of sp³-hybridized carbons (Fsp3) is 0.300. The van der Waals surface area contributed by atoms with E-state index in [0.29, 0.717) is 10.5 Å². The van der Waals surface area contributed by atoms with Gasteiger partial charge in [0.25, 0.3) is 12.2 Å². The average molecular weight is 462 g/mol. The van der Waals surface area contributed by atoms with Gasteiger partial charge in [0.05, 0.1) is 16.9 Å². The summed E-state index contributed by atoms with van der Waals surface area (Å²) in [4.78, 5) is 58.2. The fourth-order valence-electron chi connectivity index (χ4n) is 3.58. The number of carboxylic acid groups (broad SMARTS) is 1. The van der Waals surface area contributed by atoms with Crippen LogP contribution in [0.1, 0.15) is 18.9 Å². The van der Waals surface area contributed by atoms with E-state index >= 15 is 0 Å². The van der Waals surface area contributed by atoms with Crippen LogP contribution in [0.2, 0.25) is 0 Å². The van der Waals surface area contributed by atoms with Crippen molar-refractivity contribution in [3.8, 4) is 0 Å². The Kier molecular flexibility index (Phi) is 6.93. The molecule has 12 heteroatoms. The molecular weight excluding hydrogens is 444 g/mol. The maximum absolute atomic E-state index is 12.4. The van der Waals surface area contributed by atoms with E-state index in [4.69, 9.17) is 9.47 Å². The first-order valence-electron chi connectivity index (χ1n) is 9.36. The highest BCUT2D eigenvalue weighted by Crippen LogP contribution is 2.47. The summed E-state index contributed by atoms with van der Waals surface area (Å²) in [6, 6.07) is 5.12. The number of β-lactam (4-membered cyclic amide) rings is 1. The molecule has 0 unspecified atom stereocenters. The van der Waals surface area contributed by atoms with Crippen LogP contribution in [-0.4, -0.2) is 51.4 Å². The zero-order chi connectivity index (χ0) is 23.4. The maximum atomic E-state index is 12.4. The van der Waals surface area contributed by atoms with Crippen LogP contribution in [0.5, 0.6) is 0 Å². The standard InChI is InChI=1S/C20H18N2O9S/c1-11(31-10-23)17-14-8-15(18(20(26)27)21(14)19(17)25)32-7-6-16(24)30-9-12-2-4-13(5-3-12)22(28)29/h2-7,10-11,14,17H,8-9H2,1H3,(H,26,27)/t11-,14-,17-/m1/s1. The summed E-state index contributed by atoms with van der Waals surface area (Å²) in [5, 5.41) is 21.5. The van der Waals surface area contributed by atoms with Crippen molar-refractivity contribution in [1.82, 2.24) is 4.90 Å². The Labute approximate surface area is 185 Å². The number of nitrogens with zero attached hydrogens (tertiary/aromatic N) is 2. The number of carboxylic acids is 1. The SMILES string of the molecule is C[C@@H](OC=O)[C@H]1C(=O)N2C(C(=O)O)=C(SC=CC(=O)OCc3ccc([N+](=O)[O-])cc3)C[C@H]12. The van der Waals surface area contributed by atoms with Crippen LogP contribution in [0, 0.1) is 16.0 Å². The second-order valence-electron chi connectivity index (χ2n) is 6.97. The highest BCUT2D eigenvalue weighted by atomic mass is 32.2. The number of thioether (sulfide) groups is 1. The molecule has 2 aliphatic heterocycles. The van der Waals surface area contributed by atoms with Crippen molar-refractivity contribution in [3.63, 3.8) is 0 Å². The second-order valence-corrected chi connectivity index (χ2v) is 7.97. The van der Waals surface area contributed by atoms with E-state index in [0.717, 1.165) is 17.8 Å². The normalized spacial score (nSPS) is 20.5. The van der Waals surface area contributed by atoms with Crippen LogP contribution in [0.15, 0.2) is 46.4 Å². The van der Waals surface area contributed by atoms with Crippen molar-refractivity contribution in [3.05, 3.63) is 62.0 Å². The molecule has 1 aromatic carbocycles. The van der Waals surface area contributed by atoms with Crippen LogP contribution in [0.4, 0.5) is 5.69 Å². The largest absolute Gasteiger partial charge is 0.477 e. The number of rotatable bonds is 10. The number of non-ortho nitro benzene ring substituents is 1. The number of amides is 1. The van der Waals surface area contributed by atoms with Gasteiger partial charge in [-0.3, -0.25) is 19.7 Å². The molecule has 32 heavy (non-hydrogen) atoms. The van der Waals surface area contributed by atoms with Gasteiger partial charge in [0.2, 0.25) is 5.91 Å². The van der Waals surface area contributed by atoms with Crippen molar-refractivity contribution in [2.75, 3.05) is 0 Å². The number of aliphatic carboxylic acids is 1. The third kappa shape index (κ3) is 4.64. The van der Waals surface area contributed by atoms with Crippen LogP contribution in [0.25, 0.3) is 0 Å². The molecule has 1 aromatic rings. The molecule has 1 saturated heterocycles. The van der Waals surface area contributed by atoms with Crippen molar-refractivity contribution in [1.29, 1.82) is 0 Å². The van der Waals surface area contributed by atoms with Crippen molar-refractivity contribution >= 4 is 41.8 Å². The summed E-state index contributed by atoms with van der Waals surface area (Å²) in [7, 11) is 0. The lowest BCUT2D eigenvalue weighted by Crippen LogP contribution is -2.62. The number of nitro groups is 1. The lowest BCUT2D eigenvalue weighted by Gasteiger charge is -2.45. The number of fused-ring (bicyclic) bond motifs is 1. The molecule has 2 aliphatic rings. The Morgan fingerprint density at radius 2 is 2.06 bits per heavy atom. The molecule has 0 saturated carbocycles. The zero-order valence-electron chi connectivity index (χ0n) is 16.7. The number of carbonyl (C=O) groups is 4. The van der Waals surface area contributed by atoms with Gasteiger partial charge >= 0.3 is 11.9 Å². The average Bonchev–Trinajstić information content (AvgIpc) is 3.07. The minimum atomic E-state index is -1.26. The van der Waals surface area contributed by atoms with Gasteiger partial charge in [0, 0.05) is 29.5 Å². The highest BCUT2D eigenvalue weighted by molar-refractivity contribution is 8.05. The molecular formula is C20H18N2O9S. The minimum absolute atomic E-state index is 0.0759. The highest BCUT2D eigenvalue weighted by Gasteiger charge is 2.57. The first-order chi connectivity index (χ1) is 15.2. The monoisotopic (exact) mass is 462 g/mol. The van der Waals surface area contributed by atoms with Gasteiger partial charge in [-0.15, -0.1) is 0 Å². The van der Waals surface area contributed by atoms with Gasteiger partial charge < -0.3 is 19.5 Å². The Balaban J connectivity index is 1.57. The number of carbonyl (C=O) groups excluding carboxylic acids is 3. The summed E-state index contributed by atoms with van der Waals surface area (Å²) >= 11 is 0.990. The summed E-state index contributed by atoms with van der Waals surface area (Å²) in [5.41, 5.74) is 0.341. The molecule has 0 radical (unpaired) electrons. The van der Waals surface area contributed by atoms with E-state index in [9.17, 15) is 34.4 Å². The molecule has 1 amide bonds. The zero-order valence-corrected chi connectivity index (χ0v) is 17.5. The Hall–Kier alpha value is -3.67. The van der Waals surface area contributed by atoms with Crippen molar-refractivity contribution in [2.45, 2.75) is 32.1 Å². The van der Waals surface area contributed by atoms with Crippen LogP contribution in [-0.2, 0) is 35.3 Å². The summed E-state index contributed by atoms with van der Waals surface area (Å²) in [6.45, 7) is 1.73. The van der Waals surface area contributed by atoms with Gasteiger partial charge in [-0.05, 0) is 30.0 Å². The number of ether oxygens (including phenoxy) is 2. The van der Waals surface area contributed by atoms with Crippen LogP contribution >= 0.6 is 11.8 Å². The van der Waals surface area contributed by atoms with Gasteiger partial charge in [0.15, 0.2) is 0 Å². The number of nitro benzene ring substituents is 1. The van der Waals surface area contributed by atoms with Crippen LogP contribution < -0.4 is 0 Å². The predicted octanol–water partition coefficient (Wildman–Crippen LogP) is 1.97. The Morgan fingerprint density at radius 1 is 1.38 bits per heavy atom. The second kappa shape index (κ2) is 9.64. The first kappa shape index (κ1) is 23.0. The molecule has 3 rings (SSSR count). The van der Waals surface area contributed by atoms with E-state index in [-0.39, 0.29) is 30.9 Å². The quantitative estimate of drug-likeness (QED) is 0.136. The number of hydrogen-bond donors (Lipinski definition) is 1. The molecule has 3 atom stereocenters. The lowest BCUT2D eigenvalue weighted by molar-refractivity contribution is -0.384. The minimum Gasteiger partial charge on any atom is -0.477 e. The van der Waals surface area contributed by atoms with Gasteiger partial charge in [-0.25, -0.2) is 9.59 Å². The summed E-state index contributed by atoms with van der Waals surface area (Å²) in [6.07, 6.45) is 0.707. The molecule has 2 heterocycles. The van der Waals surface area contributed by atoms with E-state index in [1.54, 1.807) is 6.92 Å². The molecule has 0 aromatic heterocycles. The molecule has 0 bridgehead atoms. The first-order valence-corrected chi connectivity index (χ1v) is 10.2. The maximum Gasteiger partial charge on any atom is 0.353 e. The van der Waals surface area contributed by atoms with E-state index in [2.05, 4.69) is 0 Å². The molecule has 1 fully saturated rings. The smallest absolute Gasteiger partial charge is 0.353 e. The predicted molar refractivity (Wildman–Crippen MR) is 110 cm³/mol. The molecule has 1 N–H and O–H groups in total. The van der Waals surface area contributed by atoms with E-state index in [1.165, 1.54) is 34.6 Å². The van der Waals surface area contributed by atoms with E-state index < -0.39 is 40.8 Å². The number of hydrogen-bond acceptors (Lipinski definition) is 9. The third-order valence-electron chi connectivity index (χ3n) is 5.09.